The number of hydrogen-bond donors (Lipinski definition) is 1. The second kappa shape index (κ2) is 9.68. The first-order chi connectivity index (χ1) is 14.1. The molecule has 0 aliphatic carbocycles. The van der Waals surface area contributed by atoms with E-state index in [0.29, 0.717) is 17.3 Å². The molecule has 152 valence electrons. The Morgan fingerprint density at radius 1 is 1.10 bits per heavy atom. The molecule has 1 heterocycles. The number of benzene rings is 2. The van der Waals surface area contributed by atoms with Crippen LogP contribution in [0.1, 0.15) is 31.4 Å². The average molecular weight is 395 g/mol. The van der Waals surface area contributed by atoms with Gasteiger partial charge in [0.25, 0.3) is 0 Å². The Hall–Kier alpha value is -3.42. The van der Waals surface area contributed by atoms with E-state index in [1.165, 1.54) is 4.80 Å². The minimum Gasteiger partial charge on any atom is -0.493 e. The van der Waals surface area contributed by atoms with Gasteiger partial charge >= 0.3 is 0 Å². The Kier molecular flexibility index (Phi) is 6.78. The third kappa shape index (κ3) is 5.10. The normalized spacial score (nSPS) is 11.7. The van der Waals surface area contributed by atoms with Gasteiger partial charge in [-0.1, -0.05) is 43.7 Å². The molecule has 0 unspecified atom stereocenters. The predicted molar refractivity (Wildman–Crippen MR) is 109 cm³/mol. The van der Waals surface area contributed by atoms with Crippen molar-refractivity contribution in [2.75, 3.05) is 14.2 Å². The van der Waals surface area contributed by atoms with Crippen LogP contribution in [0.2, 0.25) is 0 Å². The molecule has 0 aliphatic rings. The van der Waals surface area contributed by atoms with Crippen molar-refractivity contribution in [2.24, 2.45) is 0 Å². The van der Waals surface area contributed by atoms with Gasteiger partial charge in [-0.2, -0.15) is 4.80 Å². The highest BCUT2D eigenvalue weighted by Crippen LogP contribution is 2.30. The van der Waals surface area contributed by atoms with Gasteiger partial charge in [-0.3, -0.25) is 4.79 Å². The number of methoxy groups -OCH3 is 2. The Morgan fingerprint density at radius 2 is 1.86 bits per heavy atom. The number of amides is 1. The summed E-state index contributed by atoms with van der Waals surface area (Å²) in [7, 11) is 3.14. The lowest BCUT2D eigenvalue weighted by Crippen LogP contribution is -2.32. The highest BCUT2D eigenvalue weighted by molar-refractivity contribution is 5.76. The van der Waals surface area contributed by atoms with Gasteiger partial charge in [0.15, 0.2) is 11.5 Å². The topological polar surface area (TPSA) is 91.2 Å². The Bertz CT molecular complexity index is 942. The second-order valence-corrected chi connectivity index (χ2v) is 6.53. The van der Waals surface area contributed by atoms with Crippen molar-refractivity contribution in [3.63, 3.8) is 0 Å². The molecular weight excluding hydrogens is 370 g/mol. The summed E-state index contributed by atoms with van der Waals surface area (Å²) in [5, 5.41) is 15.4. The number of nitrogens with one attached hydrogen (secondary N) is 1. The number of aromatic nitrogens is 4. The lowest BCUT2D eigenvalue weighted by molar-refractivity contribution is -0.122. The molecule has 8 nitrogen and oxygen atoms in total. The maximum absolute atomic E-state index is 12.5. The molecule has 3 rings (SSSR count). The fourth-order valence-corrected chi connectivity index (χ4v) is 3.07. The van der Waals surface area contributed by atoms with E-state index >= 15 is 0 Å². The SMILES string of the molecule is CCC[C@@H](NC(=O)Cn1nnc(-c2ccc(OC)c(OC)c2)n1)c1ccccc1. The monoisotopic (exact) mass is 395 g/mol. The maximum atomic E-state index is 12.5. The van der Waals surface area contributed by atoms with Gasteiger partial charge in [0.05, 0.1) is 20.3 Å². The first-order valence-electron chi connectivity index (χ1n) is 9.49. The van der Waals surface area contributed by atoms with Crippen LogP contribution < -0.4 is 14.8 Å². The minimum absolute atomic E-state index is 0.00661. The van der Waals surface area contributed by atoms with Crippen LogP contribution in [0.5, 0.6) is 11.5 Å². The van der Waals surface area contributed by atoms with E-state index in [9.17, 15) is 4.79 Å². The molecule has 0 spiro atoms. The molecule has 0 bridgehead atoms. The number of tetrazole rings is 1. The molecule has 0 saturated heterocycles. The van der Waals surface area contributed by atoms with Crippen molar-refractivity contribution in [2.45, 2.75) is 32.4 Å². The number of carbonyl (C=O) groups excluding carboxylic acids is 1. The van der Waals surface area contributed by atoms with E-state index in [-0.39, 0.29) is 18.5 Å². The van der Waals surface area contributed by atoms with E-state index in [1.54, 1.807) is 26.4 Å². The summed E-state index contributed by atoms with van der Waals surface area (Å²) in [6.07, 6.45) is 1.82. The number of rotatable bonds is 9. The van der Waals surface area contributed by atoms with Crippen LogP contribution in [-0.4, -0.2) is 40.3 Å². The zero-order chi connectivity index (χ0) is 20.6. The molecule has 3 aromatic rings. The first-order valence-corrected chi connectivity index (χ1v) is 9.49. The van der Waals surface area contributed by atoms with Gasteiger partial charge in [0.2, 0.25) is 11.7 Å². The second-order valence-electron chi connectivity index (χ2n) is 6.53. The van der Waals surface area contributed by atoms with Crippen molar-refractivity contribution in [1.82, 2.24) is 25.5 Å². The molecule has 1 N–H and O–H groups in total. The van der Waals surface area contributed by atoms with Gasteiger partial charge in [0.1, 0.15) is 6.54 Å². The zero-order valence-corrected chi connectivity index (χ0v) is 16.8. The number of nitrogens with zero attached hydrogens (tertiary/aromatic N) is 4. The van der Waals surface area contributed by atoms with E-state index in [1.807, 2.05) is 36.4 Å². The standard InChI is InChI=1S/C21H25N5O3/c1-4-8-17(15-9-6-5-7-10-15)22-20(27)14-26-24-21(23-25-26)16-11-12-18(28-2)19(13-16)29-3/h5-7,9-13,17H,4,8,14H2,1-3H3,(H,22,27)/t17-/m1/s1. The Labute approximate surface area is 169 Å². The van der Waals surface area contributed by atoms with Gasteiger partial charge in [-0.15, -0.1) is 10.2 Å². The van der Waals surface area contributed by atoms with Crippen LogP contribution >= 0.6 is 0 Å². The fraction of sp³-hybridized carbons (Fsp3) is 0.333. The van der Waals surface area contributed by atoms with Gasteiger partial charge in [-0.05, 0) is 35.4 Å². The van der Waals surface area contributed by atoms with Crippen LogP contribution in [0.3, 0.4) is 0 Å². The maximum Gasteiger partial charge on any atom is 0.244 e. The van der Waals surface area contributed by atoms with Crippen molar-refractivity contribution in [3.8, 4) is 22.9 Å². The average Bonchev–Trinajstić information content (AvgIpc) is 3.21. The molecular formula is C21H25N5O3. The minimum atomic E-state index is -0.163. The predicted octanol–water partition coefficient (Wildman–Crippen LogP) is 3.01. The summed E-state index contributed by atoms with van der Waals surface area (Å²) in [5.74, 6) is 1.44. The highest BCUT2D eigenvalue weighted by Gasteiger charge is 2.16. The van der Waals surface area contributed by atoms with E-state index < -0.39 is 0 Å². The third-order valence-electron chi connectivity index (χ3n) is 4.49. The Balaban J connectivity index is 1.68. The number of carbonyl (C=O) groups is 1. The van der Waals surface area contributed by atoms with Crippen LogP contribution in [-0.2, 0) is 11.3 Å². The van der Waals surface area contributed by atoms with Gasteiger partial charge < -0.3 is 14.8 Å². The quantitative estimate of drug-likeness (QED) is 0.599. The molecule has 0 radical (unpaired) electrons. The van der Waals surface area contributed by atoms with Gasteiger partial charge in [-0.25, -0.2) is 0 Å². The highest BCUT2D eigenvalue weighted by atomic mass is 16.5. The molecule has 8 heteroatoms. The summed E-state index contributed by atoms with van der Waals surface area (Å²) >= 11 is 0. The molecule has 2 aromatic carbocycles. The van der Waals surface area contributed by atoms with Crippen LogP contribution in [0.15, 0.2) is 48.5 Å². The summed E-state index contributed by atoms with van der Waals surface area (Å²) in [6.45, 7) is 2.09. The fourth-order valence-electron chi connectivity index (χ4n) is 3.07. The van der Waals surface area contributed by atoms with E-state index in [2.05, 4.69) is 27.7 Å². The lowest BCUT2D eigenvalue weighted by atomic mass is 10.0. The molecule has 1 aromatic heterocycles. The molecule has 29 heavy (non-hydrogen) atoms. The zero-order valence-electron chi connectivity index (χ0n) is 16.8. The van der Waals surface area contributed by atoms with Crippen molar-refractivity contribution in [1.29, 1.82) is 0 Å². The summed E-state index contributed by atoms with van der Waals surface area (Å²) in [5.41, 5.74) is 1.81. The van der Waals surface area contributed by atoms with E-state index in [4.69, 9.17) is 9.47 Å². The van der Waals surface area contributed by atoms with Crippen molar-refractivity contribution >= 4 is 5.91 Å². The largest absolute Gasteiger partial charge is 0.493 e. The number of ether oxygens (including phenoxy) is 2. The first kappa shape index (κ1) is 20.3. The van der Waals surface area contributed by atoms with Crippen molar-refractivity contribution in [3.05, 3.63) is 54.1 Å². The van der Waals surface area contributed by atoms with Gasteiger partial charge in [0, 0.05) is 5.56 Å². The third-order valence-corrected chi connectivity index (χ3v) is 4.49. The lowest BCUT2D eigenvalue weighted by Gasteiger charge is -2.18. The molecule has 0 aliphatic heterocycles. The molecule has 0 fully saturated rings. The Morgan fingerprint density at radius 3 is 2.55 bits per heavy atom. The summed E-state index contributed by atoms with van der Waals surface area (Å²) in [4.78, 5) is 13.8. The van der Waals surface area contributed by atoms with Crippen molar-refractivity contribution < 1.29 is 14.3 Å². The molecule has 0 saturated carbocycles. The number of hydrogen-bond acceptors (Lipinski definition) is 6. The summed E-state index contributed by atoms with van der Waals surface area (Å²) in [6, 6.07) is 15.3. The van der Waals surface area contributed by atoms with Crippen LogP contribution in [0.25, 0.3) is 11.4 Å². The van der Waals surface area contributed by atoms with E-state index in [0.717, 1.165) is 24.0 Å². The smallest absolute Gasteiger partial charge is 0.244 e. The molecule has 1 atom stereocenters. The summed E-state index contributed by atoms with van der Waals surface area (Å²) < 4.78 is 10.5. The van der Waals surface area contributed by atoms with Crippen LogP contribution in [0, 0.1) is 0 Å². The van der Waals surface area contributed by atoms with Crippen LogP contribution in [0.4, 0.5) is 0 Å². The molecule has 1 amide bonds.